The maximum Gasteiger partial charge on any atom is 0.226 e. The van der Waals surface area contributed by atoms with Gasteiger partial charge >= 0.3 is 0 Å². The number of hydrogen-bond acceptors (Lipinski definition) is 3. The number of imidazole rings is 1. The van der Waals surface area contributed by atoms with Gasteiger partial charge in [-0.05, 0) is 32.3 Å². The molecule has 0 atom stereocenters. The molecule has 0 aliphatic carbocycles. The van der Waals surface area contributed by atoms with Gasteiger partial charge in [0.05, 0.1) is 6.42 Å². The van der Waals surface area contributed by atoms with Gasteiger partial charge in [0.15, 0.2) is 0 Å². The molecule has 1 saturated heterocycles. The lowest BCUT2D eigenvalue weighted by atomic mass is 10.0. The van der Waals surface area contributed by atoms with Crippen LogP contribution in [0.15, 0.2) is 36.7 Å². The zero-order valence-corrected chi connectivity index (χ0v) is 17.1. The van der Waals surface area contributed by atoms with Crippen LogP contribution in [0.2, 0.25) is 0 Å². The number of rotatable bonds is 6. The molecular weight excluding hydrogens is 352 g/mol. The van der Waals surface area contributed by atoms with E-state index in [4.69, 9.17) is 0 Å². The molecule has 0 bridgehead atoms. The minimum atomic E-state index is 0.0993. The van der Waals surface area contributed by atoms with Gasteiger partial charge in [0, 0.05) is 51.5 Å². The zero-order chi connectivity index (χ0) is 20.1. The summed E-state index contributed by atoms with van der Waals surface area (Å²) in [6.45, 7) is 8.50. The van der Waals surface area contributed by atoms with E-state index >= 15 is 0 Å². The standard InChI is InChI=1S/C22H30N4O2/c1-17-4-6-20(7-5-17)16-22(28)25-11-8-21(9-12-25)26(19(3)27)15-14-24-13-10-23-18(24)2/h4-7,10,13,21H,8-9,11-12,14-16H2,1-3H3. The van der Waals surface area contributed by atoms with Gasteiger partial charge in [0.25, 0.3) is 0 Å². The SMILES string of the molecule is CC(=O)N(CCn1ccnc1C)C1CCN(C(=O)Cc2ccc(C)cc2)CC1. The first kappa shape index (κ1) is 20.1. The number of nitrogens with zero attached hydrogens (tertiary/aromatic N) is 4. The van der Waals surface area contributed by atoms with Gasteiger partial charge in [-0.1, -0.05) is 29.8 Å². The van der Waals surface area contributed by atoms with Crippen LogP contribution in [0.25, 0.3) is 0 Å². The van der Waals surface area contributed by atoms with Crippen LogP contribution < -0.4 is 0 Å². The fourth-order valence-corrected chi connectivity index (χ4v) is 3.87. The first-order chi connectivity index (χ1) is 13.4. The lowest BCUT2D eigenvalue weighted by Crippen LogP contribution is -2.49. The number of aryl methyl sites for hydroxylation is 2. The van der Waals surface area contributed by atoms with E-state index in [9.17, 15) is 9.59 Å². The first-order valence-corrected chi connectivity index (χ1v) is 10.0. The number of carbonyl (C=O) groups excluding carboxylic acids is 2. The Morgan fingerprint density at radius 2 is 1.82 bits per heavy atom. The molecule has 0 unspecified atom stereocenters. The number of hydrogen-bond donors (Lipinski definition) is 0. The van der Waals surface area contributed by atoms with E-state index in [2.05, 4.69) is 9.55 Å². The van der Waals surface area contributed by atoms with E-state index in [1.165, 1.54) is 5.56 Å². The van der Waals surface area contributed by atoms with Crippen LogP contribution in [0, 0.1) is 13.8 Å². The van der Waals surface area contributed by atoms with E-state index in [-0.39, 0.29) is 17.9 Å². The molecule has 1 aromatic carbocycles. The molecule has 2 heterocycles. The van der Waals surface area contributed by atoms with Crippen molar-refractivity contribution in [3.05, 3.63) is 53.6 Å². The van der Waals surface area contributed by atoms with Gasteiger partial charge in [-0.15, -0.1) is 0 Å². The van der Waals surface area contributed by atoms with Crippen LogP contribution >= 0.6 is 0 Å². The monoisotopic (exact) mass is 382 g/mol. The molecule has 6 nitrogen and oxygen atoms in total. The van der Waals surface area contributed by atoms with Gasteiger partial charge < -0.3 is 14.4 Å². The molecule has 0 spiro atoms. The number of likely N-dealkylation sites (tertiary alicyclic amines) is 1. The highest BCUT2D eigenvalue weighted by Crippen LogP contribution is 2.18. The average Bonchev–Trinajstić information content (AvgIpc) is 3.09. The fraction of sp³-hybridized carbons (Fsp3) is 0.500. The van der Waals surface area contributed by atoms with E-state index in [0.29, 0.717) is 26.1 Å². The smallest absolute Gasteiger partial charge is 0.226 e. The van der Waals surface area contributed by atoms with Crippen LogP contribution in [-0.4, -0.2) is 56.8 Å². The average molecular weight is 383 g/mol. The molecule has 3 rings (SSSR count). The second-order valence-electron chi connectivity index (χ2n) is 7.65. The Hall–Kier alpha value is -2.63. The predicted octanol–water partition coefficient (Wildman–Crippen LogP) is 2.58. The van der Waals surface area contributed by atoms with Crippen molar-refractivity contribution in [3.63, 3.8) is 0 Å². The molecular formula is C22H30N4O2. The largest absolute Gasteiger partial charge is 0.342 e. The van der Waals surface area contributed by atoms with Crippen LogP contribution in [-0.2, 0) is 22.6 Å². The number of amides is 2. The molecule has 1 aliphatic heterocycles. The Bertz CT molecular complexity index is 804. The van der Waals surface area contributed by atoms with Crippen LogP contribution in [0.3, 0.4) is 0 Å². The Balaban J connectivity index is 1.52. The third kappa shape index (κ3) is 5.00. The highest BCUT2D eigenvalue weighted by molar-refractivity contribution is 5.79. The molecule has 2 aromatic rings. The van der Waals surface area contributed by atoms with Crippen LogP contribution in [0.5, 0.6) is 0 Å². The van der Waals surface area contributed by atoms with Crippen molar-refractivity contribution in [2.75, 3.05) is 19.6 Å². The third-order valence-electron chi connectivity index (χ3n) is 5.64. The normalized spacial score (nSPS) is 14.9. The summed E-state index contributed by atoms with van der Waals surface area (Å²) < 4.78 is 2.07. The first-order valence-electron chi connectivity index (χ1n) is 10.0. The van der Waals surface area contributed by atoms with E-state index in [0.717, 1.165) is 30.8 Å². The maximum absolute atomic E-state index is 12.6. The summed E-state index contributed by atoms with van der Waals surface area (Å²) in [5.74, 6) is 1.23. The maximum atomic E-state index is 12.6. The summed E-state index contributed by atoms with van der Waals surface area (Å²) in [6, 6.07) is 8.33. The third-order valence-corrected chi connectivity index (χ3v) is 5.64. The molecule has 0 radical (unpaired) electrons. The van der Waals surface area contributed by atoms with Gasteiger partial charge in [-0.2, -0.15) is 0 Å². The summed E-state index contributed by atoms with van der Waals surface area (Å²) in [7, 11) is 0. The van der Waals surface area contributed by atoms with Gasteiger partial charge in [0.1, 0.15) is 5.82 Å². The van der Waals surface area contributed by atoms with E-state index in [1.54, 1.807) is 13.1 Å². The molecule has 0 saturated carbocycles. The number of carbonyl (C=O) groups is 2. The van der Waals surface area contributed by atoms with Crippen LogP contribution in [0.4, 0.5) is 0 Å². The number of piperidine rings is 1. The Labute approximate surface area is 167 Å². The topological polar surface area (TPSA) is 58.4 Å². The molecule has 0 N–H and O–H groups in total. The zero-order valence-electron chi connectivity index (χ0n) is 17.1. The number of aromatic nitrogens is 2. The summed E-state index contributed by atoms with van der Waals surface area (Å²) in [6.07, 6.45) is 5.84. The molecule has 1 aliphatic rings. The fourth-order valence-electron chi connectivity index (χ4n) is 3.87. The van der Waals surface area contributed by atoms with Gasteiger partial charge in [-0.25, -0.2) is 4.98 Å². The van der Waals surface area contributed by atoms with Crippen molar-refractivity contribution in [1.82, 2.24) is 19.4 Å². The lowest BCUT2D eigenvalue weighted by Gasteiger charge is -2.38. The van der Waals surface area contributed by atoms with Crippen molar-refractivity contribution >= 4 is 11.8 Å². The molecule has 150 valence electrons. The highest BCUT2D eigenvalue weighted by atomic mass is 16.2. The molecule has 28 heavy (non-hydrogen) atoms. The summed E-state index contributed by atoms with van der Waals surface area (Å²) >= 11 is 0. The number of benzene rings is 1. The quantitative estimate of drug-likeness (QED) is 0.772. The van der Waals surface area contributed by atoms with Crippen molar-refractivity contribution in [1.29, 1.82) is 0 Å². The second-order valence-corrected chi connectivity index (χ2v) is 7.65. The van der Waals surface area contributed by atoms with Crippen molar-refractivity contribution < 1.29 is 9.59 Å². The predicted molar refractivity (Wildman–Crippen MR) is 109 cm³/mol. The van der Waals surface area contributed by atoms with Crippen LogP contribution in [0.1, 0.15) is 36.7 Å². The second kappa shape index (κ2) is 9.04. The lowest BCUT2D eigenvalue weighted by molar-refractivity contribution is -0.135. The Morgan fingerprint density at radius 3 is 2.39 bits per heavy atom. The van der Waals surface area contributed by atoms with Crippen molar-refractivity contribution in [2.45, 2.75) is 52.6 Å². The Kier molecular flexibility index (Phi) is 6.49. The van der Waals surface area contributed by atoms with Crippen molar-refractivity contribution in [3.8, 4) is 0 Å². The van der Waals surface area contributed by atoms with Crippen molar-refractivity contribution in [2.24, 2.45) is 0 Å². The van der Waals surface area contributed by atoms with Gasteiger partial charge in [0.2, 0.25) is 11.8 Å². The molecule has 2 amide bonds. The van der Waals surface area contributed by atoms with E-state index < -0.39 is 0 Å². The van der Waals surface area contributed by atoms with Gasteiger partial charge in [-0.3, -0.25) is 9.59 Å². The minimum absolute atomic E-state index is 0.0993. The molecule has 1 aromatic heterocycles. The summed E-state index contributed by atoms with van der Waals surface area (Å²) in [5.41, 5.74) is 2.26. The minimum Gasteiger partial charge on any atom is -0.342 e. The highest BCUT2D eigenvalue weighted by Gasteiger charge is 2.28. The summed E-state index contributed by atoms with van der Waals surface area (Å²) in [5, 5.41) is 0. The Morgan fingerprint density at radius 1 is 1.14 bits per heavy atom. The molecule has 1 fully saturated rings. The molecule has 6 heteroatoms. The van der Waals surface area contributed by atoms with E-state index in [1.807, 2.05) is 54.1 Å². The summed E-state index contributed by atoms with van der Waals surface area (Å²) in [4.78, 5) is 32.9.